The van der Waals surface area contributed by atoms with Gasteiger partial charge in [-0.2, -0.15) is 0 Å². The van der Waals surface area contributed by atoms with Crippen LogP contribution in [0.2, 0.25) is 0 Å². The molecular formula is C22H22N8O4S4. The average molecular weight is 591 g/mol. The zero-order valence-corrected chi connectivity index (χ0v) is 23.4. The quantitative estimate of drug-likeness (QED) is 0.186. The third-order valence-corrected chi connectivity index (χ3v) is 8.55. The van der Waals surface area contributed by atoms with Crippen LogP contribution in [0.3, 0.4) is 0 Å². The molecule has 0 fully saturated rings. The van der Waals surface area contributed by atoms with Crippen molar-refractivity contribution in [3.8, 4) is 22.6 Å². The summed E-state index contributed by atoms with van der Waals surface area (Å²) in [5, 5.41) is 21.6. The van der Waals surface area contributed by atoms with E-state index in [4.69, 9.17) is 20.9 Å². The number of thioether (sulfide) groups is 2. The van der Waals surface area contributed by atoms with Crippen LogP contribution in [0, 0.1) is 0 Å². The first-order chi connectivity index (χ1) is 18.3. The fourth-order valence-corrected chi connectivity index (χ4v) is 6.00. The van der Waals surface area contributed by atoms with Crippen LogP contribution in [0.25, 0.3) is 11.1 Å². The van der Waals surface area contributed by atoms with Gasteiger partial charge < -0.3 is 31.6 Å². The van der Waals surface area contributed by atoms with Crippen molar-refractivity contribution >= 4 is 79.6 Å². The first kappa shape index (κ1) is 27.4. The number of anilines is 4. The number of hydrogen-bond acceptors (Lipinski definition) is 14. The Labute approximate surface area is 233 Å². The van der Waals surface area contributed by atoms with Crippen molar-refractivity contribution in [2.45, 2.75) is 8.68 Å². The highest BCUT2D eigenvalue weighted by molar-refractivity contribution is 8.02. The van der Waals surface area contributed by atoms with E-state index in [2.05, 4.69) is 31.0 Å². The van der Waals surface area contributed by atoms with E-state index >= 15 is 0 Å². The summed E-state index contributed by atoms with van der Waals surface area (Å²) in [6, 6.07) is 10.9. The number of nitrogens with one attached hydrogen (secondary N) is 2. The summed E-state index contributed by atoms with van der Waals surface area (Å²) in [6.45, 7) is 0. The standard InChI is InChI=1S/C22H22N8O4S4/c1-33-15-7-11(3-5-13(15)25-17(31)9-35-21-29-27-19(23)37-21)12-4-6-14(16(8-12)34-2)26-18(32)10-36-22-30-28-20(24)38-22/h3-8H,9-10H2,1-2H3,(H2,23,27)(H2,24,28)(H,25,31)(H,26,32). The number of nitrogens with zero attached hydrogens (tertiary/aromatic N) is 4. The van der Waals surface area contributed by atoms with Gasteiger partial charge in [-0.15, -0.1) is 20.4 Å². The Morgan fingerprint density at radius 1 is 0.763 bits per heavy atom. The Morgan fingerprint density at radius 3 is 1.53 bits per heavy atom. The highest BCUT2D eigenvalue weighted by Gasteiger charge is 2.14. The number of ether oxygens (including phenoxy) is 2. The van der Waals surface area contributed by atoms with Crippen LogP contribution < -0.4 is 31.6 Å². The molecule has 198 valence electrons. The van der Waals surface area contributed by atoms with Crippen LogP contribution >= 0.6 is 46.2 Å². The lowest BCUT2D eigenvalue weighted by Gasteiger charge is -2.14. The number of carbonyl (C=O) groups excluding carboxylic acids is 2. The molecule has 0 saturated carbocycles. The van der Waals surface area contributed by atoms with Gasteiger partial charge in [-0.25, -0.2) is 0 Å². The van der Waals surface area contributed by atoms with Crippen LogP contribution in [-0.2, 0) is 9.59 Å². The van der Waals surface area contributed by atoms with Crippen LogP contribution in [0.5, 0.6) is 11.5 Å². The summed E-state index contributed by atoms with van der Waals surface area (Å²) in [6.07, 6.45) is 0. The van der Waals surface area contributed by atoms with Gasteiger partial charge in [0, 0.05) is 0 Å². The maximum absolute atomic E-state index is 12.4. The first-order valence-corrected chi connectivity index (χ1v) is 14.3. The lowest BCUT2D eigenvalue weighted by molar-refractivity contribution is -0.114. The molecular weight excluding hydrogens is 569 g/mol. The van der Waals surface area contributed by atoms with E-state index in [-0.39, 0.29) is 23.3 Å². The molecule has 2 heterocycles. The van der Waals surface area contributed by atoms with Gasteiger partial charge in [0.25, 0.3) is 0 Å². The number of methoxy groups -OCH3 is 2. The molecule has 2 aromatic heterocycles. The summed E-state index contributed by atoms with van der Waals surface area (Å²) in [5.74, 6) is 0.848. The van der Waals surface area contributed by atoms with Crippen molar-refractivity contribution in [1.82, 2.24) is 20.4 Å². The lowest BCUT2D eigenvalue weighted by atomic mass is 10.0. The molecule has 2 aromatic carbocycles. The van der Waals surface area contributed by atoms with Crippen molar-refractivity contribution in [2.24, 2.45) is 0 Å². The molecule has 0 aliphatic rings. The normalized spacial score (nSPS) is 10.7. The predicted octanol–water partition coefficient (Wildman–Crippen LogP) is 3.70. The molecule has 0 unspecified atom stereocenters. The Hall–Kier alpha value is -3.60. The minimum Gasteiger partial charge on any atom is -0.495 e. The van der Waals surface area contributed by atoms with Crippen molar-refractivity contribution in [2.75, 3.05) is 47.8 Å². The van der Waals surface area contributed by atoms with Crippen LogP contribution in [0.4, 0.5) is 21.6 Å². The maximum Gasteiger partial charge on any atom is 0.234 e. The topological polar surface area (TPSA) is 180 Å². The number of hydrogen-bond donors (Lipinski definition) is 4. The first-order valence-electron chi connectivity index (χ1n) is 10.7. The second-order valence-corrected chi connectivity index (χ2v) is 11.8. The van der Waals surface area contributed by atoms with E-state index in [1.54, 1.807) is 12.1 Å². The average Bonchev–Trinajstić information content (AvgIpc) is 3.54. The van der Waals surface area contributed by atoms with Gasteiger partial charge in [0.1, 0.15) is 11.5 Å². The van der Waals surface area contributed by atoms with Crippen molar-refractivity contribution in [3.05, 3.63) is 36.4 Å². The number of aromatic nitrogens is 4. The molecule has 12 nitrogen and oxygen atoms in total. The number of amides is 2. The fourth-order valence-electron chi connectivity index (χ4n) is 3.13. The Balaban J connectivity index is 1.41. The van der Waals surface area contributed by atoms with Gasteiger partial charge in [-0.3, -0.25) is 9.59 Å². The van der Waals surface area contributed by atoms with E-state index in [9.17, 15) is 9.59 Å². The van der Waals surface area contributed by atoms with E-state index in [1.807, 2.05) is 24.3 Å². The van der Waals surface area contributed by atoms with Crippen molar-refractivity contribution in [3.63, 3.8) is 0 Å². The maximum atomic E-state index is 12.4. The zero-order valence-electron chi connectivity index (χ0n) is 20.1. The second kappa shape index (κ2) is 12.8. The molecule has 2 amide bonds. The molecule has 0 saturated heterocycles. The third-order valence-electron chi connectivity index (χ3n) is 4.78. The molecule has 4 rings (SSSR count). The summed E-state index contributed by atoms with van der Waals surface area (Å²) < 4.78 is 12.3. The van der Waals surface area contributed by atoms with Crippen molar-refractivity contribution in [1.29, 1.82) is 0 Å². The highest BCUT2D eigenvalue weighted by Crippen LogP contribution is 2.35. The van der Waals surface area contributed by atoms with Gasteiger partial charge in [0.2, 0.25) is 22.1 Å². The number of rotatable bonds is 11. The summed E-state index contributed by atoms with van der Waals surface area (Å²) in [4.78, 5) is 24.9. The fraction of sp³-hybridized carbons (Fsp3) is 0.182. The third kappa shape index (κ3) is 7.25. The molecule has 0 spiro atoms. The minimum atomic E-state index is -0.218. The van der Waals surface area contributed by atoms with E-state index in [1.165, 1.54) is 60.4 Å². The van der Waals surface area contributed by atoms with Gasteiger partial charge >= 0.3 is 0 Å². The largest absolute Gasteiger partial charge is 0.495 e. The monoisotopic (exact) mass is 590 g/mol. The summed E-state index contributed by atoms with van der Waals surface area (Å²) in [7, 11) is 3.06. The number of benzene rings is 2. The van der Waals surface area contributed by atoms with Gasteiger partial charge in [-0.1, -0.05) is 58.3 Å². The Bertz CT molecular complexity index is 1340. The van der Waals surface area contributed by atoms with E-state index < -0.39 is 0 Å². The summed E-state index contributed by atoms with van der Waals surface area (Å²) >= 11 is 4.95. The highest BCUT2D eigenvalue weighted by atomic mass is 32.2. The van der Waals surface area contributed by atoms with E-state index in [0.29, 0.717) is 41.8 Å². The van der Waals surface area contributed by atoms with Crippen LogP contribution in [0.15, 0.2) is 45.1 Å². The van der Waals surface area contributed by atoms with Gasteiger partial charge in [-0.05, 0) is 35.4 Å². The molecule has 0 aliphatic carbocycles. The molecule has 0 radical (unpaired) electrons. The summed E-state index contributed by atoms with van der Waals surface area (Å²) in [5.41, 5.74) is 13.9. The molecule has 38 heavy (non-hydrogen) atoms. The number of carbonyl (C=O) groups is 2. The Morgan fingerprint density at radius 2 is 1.18 bits per heavy atom. The van der Waals surface area contributed by atoms with E-state index in [0.717, 1.165) is 11.1 Å². The minimum absolute atomic E-state index is 0.150. The zero-order chi connectivity index (χ0) is 27.1. The predicted molar refractivity (Wildman–Crippen MR) is 152 cm³/mol. The molecule has 6 N–H and O–H groups in total. The van der Waals surface area contributed by atoms with Crippen molar-refractivity contribution < 1.29 is 19.1 Å². The number of nitrogens with two attached hydrogens (primary N) is 2. The molecule has 4 aromatic rings. The molecule has 0 atom stereocenters. The molecule has 16 heteroatoms. The van der Waals surface area contributed by atoms with Crippen LogP contribution in [-0.4, -0.2) is 57.9 Å². The van der Waals surface area contributed by atoms with Gasteiger partial charge in [0.05, 0.1) is 37.1 Å². The molecule has 0 bridgehead atoms. The van der Waals surface area contributed by atoms with Crippen LogP contribution in [0.1, 0.15) is 0 Å². The second-order valence-electron chi connectivity index (χ2n) is 7.32. The number of nitrogen functional groups attached to an aromatic ring is 2. The SMILES string of the molecule is COc1cc(-c2ccc(NC(=O)CSc3nnc(N)s3)c(OC)c2)ccc1NC(=O)CSc1nnc(N)s1. The van der Waals surface area contributed by atoms with Gasteiger partial charge in [0.15, 0.2) is 8.68 Å². The Kier molecular flexibility index (Phi) is 9.22. The molecule has 0 aliphatic heterocycles. The lowest BCUT2D eigenvalue weighted by Crippen LogP contribution is -2.15. The smallest absolute Gasteiger partial charge is 0.234 e.